The van der Waals surface area contributed by atoms with Gasteiger partial charge in [-0.1, -0.05) is 18.2 Å². The Hall–Kier alpha value is -2.17. The maximum Gasteiger partial charge on any atom is 0.224 e. The average Bonchev–Trinajstić information content (AvgIpc) is 2.85. The van der Waals surface area contributed by atoms with Gasteiger partial charge in [0.25, 0.3) is 0 Å². The smallest absolute Gasteiger partial charge is 0.224 e. The van der Waals surface area contributed by atoms with Crippen molar-refractivity contribution in [2.24, 2.45) is 0 Å². The minimum Gasteiger partial charge on any atom is -0.451 e. The summed E-state index contributed by atoms with van der Waals surface area (Å²) < 4.78 is 18.1. The molecular formula is C13H13FN2O2. The summed E-state index contributed by atoms with van der Waals surface area (Å²) in [6.45, 7) is 0.458. The Morgan fingerprint density at radius 2 is 2.22 bits per heavy atom. The molecule has 0 unspecified atom stereocenters. The van der Waals surface area contributed by atoms with Gasteiger partial charge in [0, 0.05) is 13.0 Å². The van der Waals surface area contributed by atoms with E-state index >= 15 is 0 Å². The van der Waals surface area contributed by atoms with E-state index in [2.05, 4.69) is 10.3 Å². The van der Waals surface area contributed by atoms with E-state index in [9.17, 15) is 9.18 Å². The molecule has 0 fully saturated rings. The van der Waals surface area contributed by atoms with Crippen LogP contribution in [0.5, 0.6) is 0 Å². The molecule has 2 rings (SSSR count). The topological polar surface area (TPSA) is 55.1 Å². The summed E-state index contributed by atoms with van der Waals surface area (Å²) in [6.07, 6.45) is 3.52. The summed E-state index contributed by atoms with van der Waals surface area (Å²) in [4.78, 5) is 15.5. The SMILES string of the molecule is O=C(Cc1ccccc1F)NCCc1cocn1. The van der Waals surface area contributed by atoms with Crippen molar-refractivity contribution in [1.29, 1.82) is 0 Å². The lowest BCUT2D eigenvalue weighted by Crippen LogP contribution is -2.27. The number of hydrogen-bond donors (Lipinski definition) is 1. The van der Waals surface area contributed by atoms with Crippen LogP contribution in [-0.2, 0) is 17.6 Å². The van der Waals surface area contributed by atoms with Crippen LogP contribution in [0.2, 0.25) is 0 Å². The highest BCUT2D eigenvalue weighted by Crippen LogP contribution is 2.06. The molecule has 5 heteroatoms. The second-order valence-corrected chi connectivity index (χ2v) is 3.85. The average molecular weight is 248 g/mol. The summed E-state index contributed by atoms with van der Waals surface area (Å²) in [5.74, 6) is -0.562. The quantitative estimate of drug-likeness (QED) is 0.876. The van der Waals surface area contributed by atoms with E-state index in [0.29, 0.717) is 18.5 Å². The summed E-state index contributed by atoms with van der Waals surface area (Å²) in [6, 6.07) is 6.26. The number of amides is 1. The first-order valence-electron chi connectivity index (χ1n) is 5.63. The number of halogens is 1. The summed E-state index contributed by atoms with van der Waals surface area (Å²) >= 11 is 0. The number of benzene rings is 1. The van der Waals surface area contributed by atoms with E-state index in [1.807, 2.05) is 0 Å². The monoisotopic (exact) mass is 248 g/mol. The van der Waals surface area contributed by atoms with Gasteiger partial charge in [-0.2, -0.15) is 0 Å². The van der Waals surface area contributed by atoms with Crippen LogP contribution in [0.3, 0.4) is 0 Å². The van der Waals surface area contributed by atoms with Crippen molar-refractivity contribution in [2.45, 2.75) is 12.8 Å². The van der Waals surface area contributed by atoms with E-state index in [-0.39, 0.29) is 18.1 Å². The fraction of sp³-hybridized carbons (Fsp3) is 0.231. The van der Waals surface area contributed by atoms with Gasteiger partial charge >= 0.3 is 0 Å². The lowest BCUT2D eigenvalue weighted by molar-refractivity contribution is -0.120. The van der Waals surface area contributed by atoms with Gasteiger partial charge in [-0.05, 0) is 11.6 Å². The molecule has 0 aliphatic carbocycles. The Balaban J connectivity index is 1.77. The normalized spacial score (nSPS) is 10.3. The van der Waals surface area contributed by atoms with E-state index < -0.39 is 0 Å². The number of carbonyl (C=O) groups excluding carboxylic acids is 1. The molecule has 0 aliphatic heterocycles. The Labute approximate surface area is 104 Å². The minimum absolute atomic E-state index is 0.0471. The number of rotatable bonds is 5. The highest BCUT2D eigenvalue weighted by Gasteiger charge is 2.07. The van der Waals surface area contributed by atoms with Gasteiger partial charge in [-0.3, -0.25) is 4.79 Å². The molecule has 0 saturated heterocycles. The molecule has 0 bridgehead atoms. The molecule has 1 aromatic heterocycles. The molecule has 0 radical (unpaired) electrons. The molecule has 1 N–H and O–H groups in total. The maximum absolute atomic E-state index is 13.3. The van der Waals surface area contributed by atoms with E-state index in [4.69, 9.17) is 4.42 Å². The number of nitrogens with zero attached hydrogens (tertiary/aromatic N) is 1. The van der Waals surface area contributed by atoms with E-state index in [0.717, 1.165) is 5.69 Å². The first-order chi connectivity index (χ1) is 8.75. The number of hydrogen-bond acceptors (Lipinski definition) is 3. The van der Waals surface area contributed by atoms with Crippen LogP contribution in [0.4, 0.5) is 4.39 Å². The molecule has 0 atom stereocenters. The van der Waals surface area contributed by atoms with Crippen molar-refractivity contribution in [3.8, 4) is 0 Å². The van der Waals surface area contributed by atoms with E-state index in [1.165, 1.54) is 18.7 Å². The molecule has 0 spiro atoms. The Kier molecular flexibility index (Phi) is 4.06. The standard InChI is InChI=1S/C13H13FN2O2/c14-12-4-2-1-3-10(12)7-13(17)15-6-5-11-8-18-9-16-11/h1-4,8-9H,5-7H2,(H,15,17). The second kappa shape index (κ2) is 5.95. The van der Waals surface area contributed by atoms with Gasteiger partial charge in [0.05, 0.1) is 12.1 Å². The van der Waals surface area contributed by atoms with Gasteiger partial charge in [0.1, 0.15) is 12.1 Å². The van der Waals surface area contributed by atoms with Crippen LogP contribution in [0.1, 0.15) is 11.3 Å². The first kappa shape index (κ1) is 12.3. The van der Waals surface area contributed by atoms with Crippen LogP contribution in [0, 0.1) is 5.82 Å². The van der Waals surface area contributed by atoms with Gasteiger partial charge in [0.2, 0.25) is 5.91 Å². The fourth-order valence-corrected chi connectivity index (χ4v) is 1.57. The van der Waals surface area contributed by atoms with Crippen molar-refractivity contribution in [3.63, 3.8) is 0 Å². The van der Waals surface area contributed by atoms with Crippen LogP contribution in [0.25, 0.3) is 0 Å². The van der Waals surface area contributed by atoms with Crippen LogP contribution in [0.15, 0.2) is 41.3 Å². The summed E-state index contributed by atoms with van der Waals surface area (Å²) in [7, 11) is 0. The number of aromatic nitrogens is 1. The molecule has 2 aromatic rings. The Bertz CT molecular complexity index is 511. The molecular weight excluding hydrogens is 235 g/mol. The van der Waals surface area contributed by atoms with Crippen molar-refractivity contribution in [1.82, 2.24) is 10.3 Å². The molecule has 1 aromatic carbocycles. The zero-order valence-electron chi connectivity index (χ0n) is 9.73. The lowest BCUT2D eigenvalue weighted by atomic mass is 10.1. The zero-order valence-corrected chi connectivity index (χ0v) is 9.73. The van der Waals surface area contributed by atoms with Crippen molar-refractivity contribution < 1.29 is 13.6 Å². The van der Waals surface area contributed by atoms with Crippen molar-refractivity contribution in [3.05, 3.63) is 54.0 Å². The van der Waals surface area contributed by atoms with Crippen molar-refractivity contribution in [2.75, 3.05) is 6.54 Å². The predicted octanol–water partition coefficient (Wildman–Crippen LogP) is 1.72. The molecule has 4 nitrogen and oxygen atoms in total. The molecule has 0 aliphatic rings. The third kappa shape index (κ3) is 3.41. The third-order valence-corrected chi connectivity index (χ3v) is 2.50. The fourth-order valence-electron chi connectivity index (χ4n) is 1.57. The third-order valence-electron chi connectivity index (χ3n) is 2.50. The van der Waals surface area contributed by atoms with Crippen LogP contribution >= 0.6 is 0 Å². The van der Waals surface area contributed by atoms with Crippen molar-refractivity contribution >= 4 is 5.91 Å². The highest BCUT2D eigenvalue weighted by molar-refractivity contribution is 5.78. The largest absolute Gasteiger partial charge is 0.451 e. The van der Waals surface area contributed by atoms with Gasteiger partial charge in [-0.15, -0.1) is 0 Å². The molecule has 1 amide bonds. The molecule has 1 heterocycles. The predicted molar refractivity (Wildman–Crippen MR) is 63.3 cm³/mol. The Morgan fingerprint density at radius 3 is 2.94 bits per heavy atom. The highest BCUT2D eigenvalue weighted by atomic mass is 19.1. The summed E-state index contributed by atoms with van der Waals surface area (Å²) in [5, 5.41) is 2.71. The van der Waals surface area contributed by atoms with Gasteiger partial charge in [0.15, 0.2) is 6.39 Å². The van der Waals surface area contributed by atoms with Crippen LogP contribution in [-0.4, -0.2) is 17.4 Å². The minimum atomic E-state index is -0.357. The number of oxazole rings is 1. The van der Waals surface area contributed by atoms with Gasteiger partial charge in [-0.25, -0.2) is 9.37 Å². The zero-order chi connectivity index (χ0) is 12.8. The molecule has 94 valence electrons. The summed E-state index contributed by atoms with van der Waals surface area (Å²) in [5.41, 5.74) is 1.18. The molecule has 18 heavy (non-hydrogen) atoms. The first-order valence-corrected chi connectivity index (χ1v) is 5.63. The lowest BCUT2D eigenvalue weighted by Gasteiger charge is -2.04. The molecule has 0 saturated carbocycles. The van der Waals surface area contributed by atoms with E-state index in [1.54, 1.807) is 18.2 Å². The van der Waals surface area contributed by atoms with Gasteiger partial charge < -0.3 is 9.73 Å². The second-order valence-electron chi connectivity index (χ2n) is 3.85. The van der Waals surface area contributed by atoms with Crippen LogP contribution < -0.4 is 5.32 Å². The Morgan fingerprint density at radius 1 is 1.39 bits per heavy atom. The maximum atomic E-state index is 13.3. The number of carbonyl (C=O) groups is 1. The number of nitrogens with one attached hydrogen (secondary N) is 1.